The van der Waals surface area contributed by atoms with E-state index in [1.807, 2.05) is 0 Å². The van der Waals surface area contributed by atoms with Crippen LogP contribution in [0.3, 0.4) is 0 Å². The third-order valence-corrected chi connectivity index (χ3v) is 3.96. The first kappa shape index (κ1) is 13.7. The monoisotopic (exact) mass is 262 g/mol. The lowest BCUT2D eigenvalue weighted by molar-refractivity contribution is 0.413. The summed E-state index contributed by atoms with van der Waals surface area (Å²) in [7, 11) is -2.34. The van der Waals surface area contributed by atoms with Gasteiger partial charge >= 0.3 is 10.2 Å². The standard InChI is InChI=1S/C10H15FN2O3S/c1-7(2)13(3)17(15,16)12-9-5-4-8(11)6-10(9)14/h4-7,12,14H,1-3H3. The zero-order valence-corrected chi connectivity index (χ0v) is 10.6. The van der Waals surface area contributed by atoms with Gasteiger partial charge in [0.1, 0.15) is 11.6 Å². The molecule has 0 aromatic heterocycles. The summed E-state index contributed by atoms with van der Waals surface area (Å²) in [5, 5.41) is 9.39. The zero-order valence-electron chi connectivity index (χ0n) is 9.81. The topological polar surface area (TPSA) is 69.6 Å². The van der Waals surface area contributed by atoms with Gasteiger partial charge in [0, 0.05) is 19.2 Å². The van der Waals surface area contributed by atoms with Crippen molar-refractivity contribution < 1.29 is 17.9 Å². The summed E-state index contributed by atoms with van der Waals surface area (Å²) in [5.74, 6) is -1.09. The lowest BCUT2D eigenvalue weighted by atomic mass is 10.3. The first-order chi connectivity index (χ1) is 7.74. The third kappa shape index (κ3) is 3.31. The smallest absolute Gasteiger partial charge is 0.301 e. The number of hydrogen-bond donors (Lipinski definition) is 2. The Morgan fingerprint density at radius 1 is 1.41 bits per heavy atom. The first-order valence-corrected chi connectivity index (χ1v) is 6.42. The van der Waals surface area contributed by atoms with Crippen molar-refractivity contribution in [3.8, 4) is 5.75 Å². The predicted molar refractivity (Wildman–Crippen MR) is 63.5 cm³/mol. The minimum Gasteiger partial charge on any atom is -0.506 e. The number of benzene rings is 1. The Bertz CT molecular complexity index is 502. The van der Waals surface area contributed by atoms with Gasteiger partial charge in [-0.2, -0.15) is 12.7 Å². The summed E-state index contributed by atoms with van der Waals surface area (Å²) in [6, 6.07) is 2.84. The molecule has 0 heterocycles. The van der Waals surface area contributed by atoms with Crippen molar-refractivity contribution in [2.45, 2.75) is 19.9 Å². The van der Waals surface area contributed by atoms with Crippen molar-refractivity contribution in [2.75, 3.05) is 11.8 Å². The molecular weight excluding hydrogens is 247 g/mol. The lowest BCUT2D eigenvalue weighted by Gasteiger charge is -2.21. The van der Waals surface area contributed by atoms with E-state index in [1.165, 1.54) is 7.05 Å². The molecule has 0 aliphatic rings. The molecule has 0 aliphatic carbocycles. The third-order valence-electron chi connectivity index (χ3n) is 2.31. The molecule has 0 unspecified atom stereocenters. The van der Waals surface area contributed by atoms with Crippen LogP contribution in [0.5, 0.6) is 5.75 Å². The molecule has 0 radical (unpaired) electrons. The van der Waals surface area contributed by atoms with Gasteiger partial charge in [-0.25, -0.2) is 4.39 Å². The minimum absolute atomic E-state index is 0.0566. The van der Waals surface area contributed by atoms with Crippen LogP contribution in [-0.2, 0) is 10.2 Å². The van der Waals surface area contributed by atoms with E-state index < -0.39 is 21.8 Å². The molecule has 0 spiro atoms. The first-order valence-electron chi connectivity index (χ1n) is 4.98. The van der Waals surface area contributed by atoms with Gasteiger partial charge in [0.15, 0.2) is 0 Å². The molecule has 7 heteroatoms. The fourth-order valence-electron chi connectivity index (χ4n) is 1.08. The number of aromatic hydroxyl groups is 1. The van der Waals surface area contributed by atoms with Gasteiger partial charge in [0.25, 0.3) is 0 Å². The Labute approximate surface area is 100 Å². The average Bonchev–Trinajstić information content (AvgIpc) is 2.21. The van der Waals surface area contributed by atoms with Crippen LogP contribution in [0.1, 0.15) is 13.8 Å². The van der Waals surface area contributed by atoms with Crippen LogP contribution >= 0.6 is 0 Å². The van der Waals surface area contributed by atoms with Crippen molar-refractivity contribution in [1.82, 2.24) is 4.31 Å². The van der Waals surface area contributed by atoms with Gasteiger partial charge in [-0.05, 0) is 26.0 Å². The molecule has 1 rings (SSSR count). The summed E-state index contributed by atoms with van der Waals surface area (Å²) in [6.07, 6.45) is 0. The number of phenols is 1. The molecule has 0 aliphatic heterocycles. The number of nitrogens with zero attached hydrogens (tertiary/aromatic N) is 1. The van der Waals surface area contributed by atoms with Gasteiger partial charge < -0.3 is 5.11 Å². The highest BCUT2D eigenvalue weighted by Crippen LogP contribution is 2.25. The molecule has 17 heavy (non-hydrogen) atoms. The normalized spacial score (nSPS) is 12.1. The summed E-state index contributed by atoms with van der Waals surface area (Å²) in [4.78, 5) is 0. The number of hydrogen-bond acceptors (Lipinski definition) is 3. The highest BCUT2D eigenvalue weighted by atomic mass is 32.2. The van der Waals surface area contributed by atoms with Crippen LogP contribution in [0.25, 0.3) is 0 Å². The molecule has 1 aromatic carbocycles. The average molecular weight is 262 g/mol. The van der Waals surface area contributed by atoms with Crippen molar-refractivity contribution in [1.29, 1.82) is 0 Å². The molecule has 0 saturated carbocycles. The molecule has 5 nitrogen and oxygen atoms in total. The number of phenolic OH excluding ortho intramolecular Hbond substituents is 1. The number of halogens is 1. The second kappa shape index (κ2) is 4.89. The lowest BCUT2D eigenvalue weighted by Crippen LogP contribution is -2.37. The Morgan fingerprint density at radius 3 is 2.47 bits per heavy atom. The van der Waals surface area contributed by atoms with Gasteiger partial charge in [-0.1, -0.05) is 0 Å². The largest absolute Gasteiger partial charge is 0.506 e. The minimum atomic E-state index is -3.75. The van der Waals surface area contributed by atoms with E-state index in [-0.39, 0.29) is 11.7 Å². The van der Waals surface area contributed by atoms with Crippen molar-refractivity contribution in [3.63, 3.8) is 0 Å². The highest BCUT2D eigenvalue weighted by molar-refractivity contribution is 7.90. The molecule has 1 aromatic rings. The molecule has 0 atom stereocenters. The van der Waals surface area contributed by atoms with Crippen LogP contribution in [0.2, 0.25) is 0 Å². The Balaban J connectivity index is 2.98. The summed E-state index contributed by atoms with van der Waals surface area (Å²) >= 11 is 0. The van der Waals surface area contributed by atoms with Crippen LogP contribution < -0.4 is 4.72 Å². The summed E-state index contributed by atoms with van der Waals surface area (Å²) in [5.41, 5.74) is -0.0566. The number of anilines is 1. The van der Waals surface area contributed by atoms with Crippen molar-refractivity contribution in [3.05, 3.63) is 24.0 Å². The highest BCUT2D eigenvalue weighted by Gasteiger charge is 2.21. The van der Waals surface area contributed by atoms with E-state index in [2.05, 4.69) is 4.72 Å². The van der Waals surface area contributed by atoms with Crippen molar-refractivity contribution >= 4 is 15.9 Å². The van der Waals surface area contributed by atoms with Gasteiger partial charge in [0.2, 0.25) is 0 Å². The molecule has 2 N–H and O–H groups in total. The molecule has 0 fully saturated rings. The predicted octanol–water partition coefficient (Wildman–Crippen LogP) is 1.53. The quantitative estimate of drug-likeness (QED) is 0.808. The van der Waals surface area contributed by atoms with Crippen LogP contribution in [0.15, 0.2) is 18.2 Å². The maximum Gasteiger partial charge on any atom is 0.301 e. The summed E-state index contributed by atoms with van der Waals surface area (Å²) < 4.78 is 39.6. The number of nitrogens with one attached hydrogen (secondary N) is 1. The SMILES string of the molecule is CC(C)N(C)S(=O)(=O)Nc1ccc(F)cc1O. The molecule has 96 valence electrons. The van der Waals surface area contributed by atoms with E-state index in [4.69, 9.17) is 0 Å². The van der Waals surface area contributed by atoms with E-state index in [0.717, 1.165) is 22.5 Å². The second-order valence-electron chi connectivity index (χ2n) is 3.88. The van der Waals surface area contributed by atoms with Gasteiger partial charge in [-0.3, -0.25) is 4.72 Å². The fraction of sp³-hybridized carbons (Fsp3) is 0.400. The Hall–Kier alpha value is -1.34. The fourth-order valence-corrected chi connectivity index (χ4v) is 2.23. The number of rotatable bonds is 4. The maximum atomic E-state index is 12.7. The van der Waals surface area contributed by atoms with Crippen LogP contribution in [-0.4, -0.2) is 30.9 Å². The Kier molecular flexibility index (Phi) is 3.94. The Morgan fingerprint density at radius 2 is 2.00 bits per heavy atom. The van der Waals surface area contributed by atoms with E-state index in [1.54, 1.807) is 13.8 Å². The van der Waals surface area contributed by atoms with Crippen molar-refractivity contribution in [2.24, 2.45) is 0 Å². The molecule has 0 amide bonds. The molecule has 0 bridgehead atoms. The van der Waals surface area contributed by atoms with Gasteiger partial charge in [-0.15, -0.1) is 0 Å². The zero-order chi connectivity index (χ0) is 13.2. The van der Waals surface area contributed by atoms with Crippen LogP contribution in [0, 0.1) is 5.82 Å². The maximum absolute atomic E-state index is 12.7. The van der Waals surface area contributed by atoms with Crippen LogP contribution in [0.4, 0.5) is 10.1 Å². The molecule has 0 saturated heterocycles. The van der Waals surface area contributed by atoms with Gasteiger partial charge in [0.05, 0.1) is 5.69 Å². The van der Waals surface area contributed by atoms with E-state index >= 15 is 0 Å². The second-order valence-corrected chi connectivity index (χ2v) is 5.61. The van der Waals surface area contributed by atoms with E-state index in [9.17, 15) is 17.9 Å². The summed E-state index contributed by atoms with van der Waals surface area (Å²) in [6.45, 7) is 3.42. The molecular formula is C10H15FN2O3S. The van der Waals surface area contributed by atoms with E-state index in [0.29, 0.717) is 0 Å².